The first-order valence-electron chi connectivity index (χ1n) is 12.1. The second-order valence-electron chi connectivity index (χ2n) is 9.79. The number of aromatic nitrogens is 4. The first kappa shape index (κ1) is 21.5. The van der Waals surface area contributed by atoms with E-state index in [1.165, 1.54) is 44.5 Å². The molecule has 4 nitrogen and oxygen atoms in total. The Hall–Kier alpha value is -4.05. The van der Waals surface area contributed by atoms with Gasteiger partial charge in [-0.2, -0.15) is 0 Å². The van der Waals surface area contributed by atoms with Gasteiger partial charge in [-0.3, -0.25) is 9.38 Å². The summed E-state index contributed by atoms with van der Waals surface area (Å²) in [6.45, 7) is 13.1. The first-order chi connectivity index (χ1) is 16.8. The smallest absolute Gasteiger partial charge is 0.149 e. The number of rotatable bonds is 2. The highest BCUT2D eigenvalue weighted by atomic mass is 15.1. The maximum atomic E-state index is 5.38. The van der Waals surface area contributed by atoms with Crippen molar-refractivity contribution < 1.29 is 0 Å². The first-order valence-corrected chi connectivity index (χ1v) is 12.1. The van der Waals surface area contributed by atoms with E-state index in [1.807, 2.05) is 24.5 Å². The van der Waals surface area contributed by atoms with E-state index >= 15 is 0 Å². The lowest BCUT2D eigenvalue weighted by atomic mass is 9.91. The van der Waals surface area contributed by atoms with Gasteiger partial charge >= 0.3 is 0 Å². The number of imidazole rings is 1. The molecule has 0 atom stereocenters. The van der Waals surface area contributed by atoms with Crippen LogP contribution in [-0.4, -0.2) is 19.4 Å². The van der Waals surface area contributed by atoms with Crippen molar-refractivity contribution in [3.05, 3.63) is 94.3 Å². The number of fused-ring (bicyclic) bond motifs is 6. The van der Waals surface area contributed by atoms with E-state index in [1.54, 1.807) is 0 Å². The second-order valence-corrected chi connectivity index (χ2v) is 9.79. The summed E-state index contributed by atoms with van der Waals surface area (Å²) in [6, 6.07) is 17.2. The van der Waals surface area contributed by atoms with Gasteiger partial charge in [0.25, 0.3) is 0 Å². The van der Waals surface area contributed by atoms with E-state index in [4.69, 9.17) is 15.0 Å². The monoisotopic (exact) mass is 456 g/mol. The van der Waals surface area contributed by atoms with Gasteiger partial charge in [0.05, 0.1) is 16.9 Å². The molecular formula is C31H28N4. The van der Waals surface area contributed by atoms with E-state index in [0.29, 0.717) is 0 Å². The molecule has 0 saturated carbocycles. The Kier molecular flexibility index (Phi) is 4.75. The minimum atomic E-state index is 0.879. The molecule has 0 N–H and O–H groups in total. The van der Waals surface area contributed by atoms with E-state index in [2.05, 4.69) is 82.3 Å². The van der Waals surface area contributed by atoms with E-state index in [-0.39, 0.29) is 0 Å². The Bertz CT molecular complexity index is 1760. The Morgan fingerprint density at radius 2 is 1.11 bits per heavy atom. The third-order valence-corrected chi connectivity index (χ3v) is 7.01. The zero-order valence-electron chi connectivity index (χ0n) is 21.1. The molecule has 6 rings (SSSR count). The van der Waals surface area contributed by atoms with Gasteiger partial charge in [0.1, 0.15) is 11.3 Å². The van der Waals surface area contributed by atoms with Gasteiger partial charge in [-0.05, 0) is 88.1 Å². The molecule has 4 aromatic heterocycles. The van der Waals surface area contributed by atoms with Gasteiger partial charge in [-0.1, -0.05) is 35.4 Å². The number of hydrogen-bond acceptors (Lipinski definition) is 3. The SMILES string of the molecule is Cc1cc(C)c(-c2nc3c4cccnc4c4cccnc4n3c2-c2c(C)cc(C)cc2C)c(C)c1. The summed E-state index contributed by atoms with van der Waals surface area (Å²) >= 11 is 0. The predicted molar refractivity (Wildman–Crippen MR) is 145 cm³/mol. The molecular weight excluding hydrogens is 428 g/mol. The van der Waals surface area contributed by atoms with Crippen LogP contribution in [0.2, 0.25) is 0 Å². The minimum Gasteiger partial charge on any atom is -0.275 e. The number of benzene rings is 2. The Morgan fingerprint density at radius 3 is 1.71 bits per heavy atom. The summed E-state index contributed by atoms with van der Waals surface area (Å²) in [6.07, 6.45) is 3.70. The van der Waals surface area contributed by atoms with Gasteiger partial charge in [-0.25, -0.2) is 9.97 Å². The summed E-state index contributed by atoms with van der Waals surface area (Å²) < 4.78 is 2.26. The lowest BCUT2D eigenvalue weighted by molar-refractivity contribution is 1.18. The van der Waals surface area contributed by atoms with Crippen LogP contribution in [0.4, 0.5) is 0 Å². The third kappa shape index (κ3) is 3.17. The normalized spacial score (nSPS) is 11.7. The molecule has 0 aliphatic carbocycles. The van der Waals surface area contributed by atoms with Crippen molar-refractivity contribution >= 4 is 27.6 Å². The number of nitrogens with zero attached hydrogens (tertiary/aromatic N) is 4. The van der Waals surface area contributed by atoms with Crippen LogP contribution >= 0.6 is 0 Å². The maximum Gasteiger partial charge on any atom is 0.149 e. The second kappa shape index (κ2) is 7.74. The summed E-state index contributed by atoms with van der Waals surface area (Å²) in [5.74, 6) is 0. The molecule has 0 fully saturated rings. The molecule has 2 aromatic carbocycles. The molecule has 35 heavy (non-hydrogen) atoms. The lowest BCUT2D eigenvalue weighted by Gasteiger charge is -2.17. The zero-order chi connectivity index (χ0) is 24.4. The van der Waals surface area contributed by atoms with Crippen molar-refractivity contribution in [2.24, 2.45) is 0 Å². The van der Waals surface area contributed by atoms with Crippen LogP contribution < -0.4 is 0 Å². The van der Waals surface area contributed by atoms with Gasteiger partial charge < -0.3 is 0 Å². The molecule has 0 bridgehead atoms. The van der Waals surface area contributed by atoms with E-state index in [0.717, 1.165) is 39.0 Å². The van der Waals surface area contributed by atoms with Crippen LogP contribution in [0.1, 0.15) is 33.4 Å². The maximum absolute atomic E-state index is 5.38. The summed E-state index contributed by atoms with van der Waals surface area (Å²) in [4.78, 5) is 15.0. The fourth-order valence-electron chi connectivity index (χ4n) is 5.88. The van der Waals surface area contributed by atoms with E-state index < -0.39 is 0 Å². The van der Waals surface area contributed by atoms with Crippen molar-refractivity contribution in [3.63, 3.8) is 0 Å². The molecule has 4 heteroatoms. The highest BCUT2D eigenvalue weighted by Crippen LogP contribution is 2.42. The summed E-state index contributed by atoms with van der Waals surface area (Å²) in [7, 11) is 0. The molecule has 0 unspecified atom stereocenters. The molecule has 0 saturated heterocycles. The Labute approximate surface area is 205 Å². The average Bonchev–Trinajstić information content (AvgIpc) is 3.18. The fraction of sp³-hybridized carbons (Fsp3) is 0.194. The molecule has 0 aliphatic rings. The minimum absolute atomic E-state index is 0.879. The Morgan fingerprint density at radius 1 is 0.600 bits per heavy atom. The summed E-state index contributed by atoms with van der Waals surface area (Å²) in [5, 5.41) is 2.06. The van der Waals surface area contributed by atoms with Gasteiger partial charge in [-0.15, -0.1) is 0 Å². The summed E-state index contributed by atoms with van der Waals surface area (Å²) in [5.41, 5.74) is 14.7. The van der Waals surface area contributed by atoms with E-state index in [9.17, 15) is 0 Å². The third-order valence-electron chi connectivity index (χ3n) is 7.01. The Balaban J connectivity index is 1.92. The van der Waals surface area contributed by atoms with Crippen molar-refractivity contribution in [3.8, 4) is 22.5 Å². The lowest BCUT2D eigenvalue weighted by Crippen LogP contribution is -2.00. The molecule has 0 amide bonds. The molecule has 4 heterocycles. The topological polar surface area (TPSA) is 43.1 Å². The number of pyridine rings is 3. The number of hydrogen-bond donors (Lipinski definition) is 0. The van der Waals surface area contributed by atoms with Crippen LogP contribution in [0.25, 0.3) is 50.1 Å². The average molecular weight is 457 g/mol. The quantitative estimate of drug-likeness (QED) is 0.252. The van der Waals surface area contributed by atoms with Gasteiger partial charge in [0.15, 0.2) is 0 Å². The molecule has 0 radical (unpaired) electrons. The molecule has 0 aliphatic heterocycles. The highest BCUT2D eigenvalue weighted by molar-refractivity contribution is 6.10. The van der Waals surface area contributed by atoms with Gasteiger partial charge in [0.2, 0.25) is 0 Å². The zero-order valence-corrected chi connectivity index (χ0v) is 21.1. The largest absolute Gasteiger partial charge is 0.275 e. The van der Waals surface area contributed by atoms with Crippen LogP contribution in [0.15, 0.2) is 60.9 Å². The predicted octanol–water partition coefficient (Wildman–Crippen LogP) is 7.62. The van der Waals surface area contributed by atoms with Crippen LogP contribution in [0.3, 0.4) is 0 Å². The molecule has 172 valence electrons. The van der Waals surface area contributed by atoms with Gasteiger partial charge in [0, 0.05) is 34.3 Å². The van der Waals surface area contributed by atoms with Crippen molar-refractivity contribution in [2.45, 2.75) is 41.5 Å². The number of aryl methyl sites for hydroxylation is 6. The van der Waals surface area contributed by atoms with Crippen LogP contribution in [0, 0.1) is 41.5 Å². The van der Waals surface area contributed by atoms with Crippen LogP contribution in [0.5, 0.6) is 0 Å². The molecule has 6 aromatic rings. The highest BCUT2D eigenvalue weighted by Gasteiger charge is 2.25. The standard InChI is InChI=1S/C31H28N4/c1-17-13-19(3)25(20(4)14-17)28-29(26-21(5)15-18(2)16-22(26)6)35-30-23(9-8-12-33-30)27-24(31(35)34-28)10-7-11-32-27/h7-16H,1-6H3. The fourth-order valence-corrected chi connectivity index (χ4v) is 5.88. The van der Waals surface area contributed by atoms with Crippen molar-refractivity contribution in [1.82, 2.24) is 19.4 Å². The molecule has 0 spiro atoms. The van der Waals surface area contributed by atoms with Crippen molar-refractivity contribution in [2.75, 3.05) is 0 Å². The van der Waals surface area contributed by atoms with Crippen molar-refractivity contribution in [1.29, 1.82) is 0 Å². The van der Waals surface area contributed by atoms with Crippen LogP contribution in [-0.2, 0) is 0 Å².